The summed E-state index contributed by atoms with van der Waals surface area (Å²) in [5, 5.41) is 0. The SMILES string of the molecule is CCC[SiH](C)N(OC)OC. The molecule has 10 heavy (non-hydrogen) atoms. The van der Waals surface area contributed by atoms with E-state index in [0.717, 1.165) is 0 Å². The molecular formula is C6H17NO2Si. The Balaban J connectivity index is 3.53. The number of rotatable bonds is 5. The predicted molar refractivity (Wildman–Crippen MR) is 44.0 cm³/mol. The van der Waals surface area contributed by atoms with Crippen molar-refractivity contribution in [3.63, 3.8) is 0 Å². The topological polar surface area (TPSA) is 21.7 Å². The summed E-state index contributed by atoms with van der Waals surface area (Å²) in [5.41, 5.74) is 0. The molecular weight excluding hydrogens is 146 g/mol. The Bertz CT molecular complexity index is 78.1. The van der Waals surface area contributed by atoms with E-state index in [0.29, 0.717) is 0 Å². The molecule has 0 aromatic heterocycles. The van der Waals surface area contributed by atoms with Crippen molar-refractivity contribution in [2.45, 2.75) is 25.9 Å². The lowest BCUT2D eigenvalue weighted by atomic mass is 10.6. The van der Waals surface area contributed by atoms with Crippen molar-refractivity contribution in [2.75, 3.05) is 14.2 Å². The van der Waals surface area contributed by atoms with Crippen molar-refractivity contribution in [1.82, 2.24) is 4.89 Å². The van der Waals surface area contributed by atoms with Gasteiger partial charge in [0.25, 0.3) is 0 Å². The zero-order chi connectivity index (χ0) is 7.98. The van der Waals surface area contributed by atoms with Gasteiger partial charge >= 0.3 is 0 Å². The molecule has 0 saturated heterocycles. The Morgan fingerprint density at radius 2 is 1.80 bits per heavy atom. The zero-order valence-corrected chi connectivity index (χ0v) is 8.41. The van der Waals surface area contributed by atoms with Gasteiger partial charge in [0.15, 0.2) is 8.96 Å². The first kappa shape index (κ1) is 10.1. The van der Waals surface area contributed by atoms with Gasteiger partial charge in [-0.15, -0.1) is 4.89 Å². The standard InChI is InChI=1S/C6H17NO2Si/c1-5-6-10(4)7(8-2)9-3/h10H,5-6H2,1-4H3. The third kappa shape index (κ3) is 3.31. The van der Waals surface area contributed by atoms with Crippen molar-refractivity contribution in [1.29, 1.82) is 0 Å². The van der Waals surface area contributed by atoms with E-state index in [-0.39, 0.29) is 0 Å². The van der Waals surface area contributed by atoms with E-state index in [1.807, 2.05) is 0 Å². The largest absolute Gasteiger partial charge is 0.286 e. The maximum absolute atomic E-state index is 4.99. The zero-order valence-electron chi connectivity index (χ0n) is 7.26. The molecule has 0 amide bonds. The molecule has 4 heteroatoms. The van der Waals surface area contributed by atoms with Crippen LogP contribution in [0.25, 0.3) is 0 Å². The summed E-state index contributed by atoms with van der Waals surface area (Å²) in [4.78, 5) is 11.6. The molecule has 0 heterocycles. The molecule has 0 fully saturated rings. The Morgan fingerprint density at radius 3 is 2.10 bits per heavy atom. The Kier molecular flexibility index (Phi) is 5.91. The van der Waals surface area contributed by atoms with Crippen LogP contribution in [0.15, 0.2) is 0 Å². The fourth-order valence-electron chi connectivity index (χ4n) is 0.958. The number of hydrogen-bond acceptors (Lipinski definition) is 3. The van der Waals surface area contributed by atoms with Crippen LogP contribution in [0, 0.1) is 0 Å². The molecule has 62 valence electrons. The molecule has 1 unspecified atom stereocenters. The van der Waals surface area contributed by atoms with Crippen LogP contribution in [-0.4, -0.2) is 28.1 Å². The molecule has 0 saturated carbocycles. The molecule has 0 radical (unpaired) electrons. The molecule has 0 aliphatic heterocycles. The van der Waals surface area contributed by atoms with Crippen LogP contribution in [0.5, 0.6) is 0 Å². The fraction of sp³-hybridized carbons (Fsp3) is 1.00. The van der Waals surface area contributed by atoms with Crippen molar-refractivity contribution < 1.29 is 9.68 Å². The van der Waals surface area contributed by atoms with Crippen molar-refractivity contribution in [3.8, 4) is 0 Å². The lowest BCUT2D eigenvalue weighted by Crippen LogP contribution is -2.34. The van der Waals surface area contributed by atoms with Crippen molar-refractivity contribution >= 4 is 8.96 Å². The van der Waals surface area contributed by atoms with Gasteiger partial charge in [0, 0.05) is 0 Å². The van der Waals surface area contributed by atoms with Gasteiger partial charge in [0.1, 0.15) is 0 Å². The molecule has 1 atom stereocenters. The summed E-state index contributed by atoms with van der Waals surface area (Å²) in [6.07, 6.45) is 1.20. The Hall–Kier alpha value is 0.0969. The normalized spacial score (nSPS) is 14.1. The molecule has 0 aliphatic rings. The van der Waals surface area contributed by atoms with E-state index in [9.17, 15) is 0 Å². The molecule has 0 N–H and O–H groups in total. The Labute approximate surface area is 64.5 Å². The monoisotopic (exact) mass is 163 g/mol. The number of hydrogen-bond donors (Lipinski definition) is 0. The van der Waals surface area contributed by atoms with Crippen LogP contribution in [0.2, 0.25) is 12.6 Å². The van der Waals surface area contributed by atoms with Crippen LogP contribution in [0.4, 0.5) is 0 Å². The van der Waals surface area contributed by atoms with Gasteiger partial charge in [-0.3, -0.25) is 9.68 Å². The first-order valence-corrected chi connectivity index (χ1v) is 6.12. The van der Waals surface area contributed by atoms with Gasteiger partial charge in [-0.2, -0.15) is 0 Å². The molecule has 3 nitrogen and oxygen atoms in total. The number of nitrogens with zero attached hydrogens (tertiary/aromatic N) is 1. The van der Waals surface area contributed by atoms with Gasteiger partial charge in [-0.05, 0) is 6.04 Å². The van der Waals surface area contributed by atoms with Crippen LogP contribution < -0.4 is 0 Å². The second kappa shape index (κ2) is 5.85. The lowest BCUT2D eigenvalue weighted by molar-refractivity contribution is -0.280. The van der Waals surface area contributed by atoms with E-state index in [2.05, 4.69) is 13.5 Å². The highest BCUT2D eigenvalue weighted by atomic mass is 28.3. The van der Waals surface area contributed by atoms with Crippen LogP contribution in [-0.2, 0) is 9.68 Å². The van der Waals surface area contributed by atoms with E-state index in [1.54, 1.807) is 19.1 Å². The van der Waals surface area contributed by atoms with Gasteiger partial charge in [0.05, 0.1) is 14.2 Å². The summed E-state index contributed by atoms with van der Waals surface area (Å²) in [6, 6.07) is 1.22. The minimum Gasteiger partial charge on any atom is -0.286 e. The average Bonchev–Trinajstić information content (AvgIpc) is 1.91. The molecule has 0 aromatic rings. The smallest absolute Gasteiger partial charge is 0.179 e. The van der Waals surface area contributed by atoms with Gasteiger partial charge in [-0.1, -0.05) is 19.9 Å². The fourth-order valence-corrected chi connectivity index (χ4v) is 2.72. The van der Waals surface area contributed by atoms with Crippen LogP contribution >= 0.6 is 0 Å². The Morgan fingerprint density at radius 1 is 1.30 bits per heavy atom. The lowest BCUT2D eigenvalue weighted by Gasteiger charge is -2.21. The third-order valence-electron chi connectivity index (χ3n) is 1.43. The summed E-state index contributed by atoms with van der Waals surface area (Å²) >= 11 is 0. The molecule has 0 aromatic carbocycles. The highest BCUT2D eigenvalue weighted by Gasteiger charge is 2.12. The second-order valence-corrected chi connectivity index (χ2v) is 4.99. The first-order chi connectivity index (χ1) is 4.76. The minimum absolute atomic E-state index is 0.928. The van der Waals surface area contributed by atoms with Gasteiger partial charge < -0.3 is 0 Å². The van der Waals surface area contributed by atoms with Gasteiger partial charge in [0.2, 0.25) is 0 Å². The predicted octanol–water partition coefficient (Wildman–Crippen LogP) is 1.17. The molecule has 0 bridgehead atoms. The van der Waals surface area contributed by atoms with Gasteiger partial charge in [-0.25, -0.2) is 0 Å². The summed E-state index contributed by atoms with van der Waals surface area (Å²) in [6.45, 7) is 4.38. The molecule has 0 spiro atoms. The minimum atomic E-state index is -0.928. The quantitative estimate of drug-likeness (QED) is 0.448. The first-order valence-electron chi connectivity index (χ1n) is 3.63. The highest BCUT2D eigenvalue weighted by molar-refractivity contribution is 6.53. The van der Waals surface area contributed by atoms with Crippen LogP contribution in [0.3, 0.4) is 0 Å². The second-order valence-electron chi connectivity index (χ2n) is 2.29. The highest BCUT2D eigenvalue weighted by Crippen LogP contribution is 2.02. The molecule has 0 rings (SSSR count). The van der Waals surface area contributed by atoms with Crippen LogP contribution in [0.1, 0.15) is 13.3 Å². The van der Waals surface area contributed by atoms with E-state index in [1.165, 1.54) is 12.5 Å². The van der Waals surface area contributed by atoms with Crippen molar-refractivity contribution in [2.24, 2.45) is 0 Å². The van der Waals surface area contributed by atoms with E-state index < -0.39 is 8.96 Å². The average molecular weight is 163 g/mol. The third-order valence-corrected chi connectivity index (χ3v) is 3.98. The summed E-state index contributed by atoms with van der Waals surface area (Å²) in [5.74, 6) is 0. The maximum atomic E-state index is 4.99. The van der Waals surface area contributed by atoms with Crippen molar-refractivity contribution in [3.05, 3.63) is 0 Å². The molecule has 0 aliphatic carbocycles. The maximum Gasteiger partial charge on any atom is 0.179 e. The summed E-state index contributed by atoms with van der Waals surface area (Å²) < 4.78 is 0. The van der Waals surface area contributed by atoms with E-state index in [4.69, 9.17) is 9.68 Å². The van der Waals surface area contributed by atoms with E-state index >= 15 is 0 Å². The summed E-state index contributed by atoms with van der Waals surface area (Å²) in [7, 11) is 2.35.